The van der Waals surface area contributed by atoms with Crippen LogP contribution in [0.5, 0.6) is 5.75 Å². The molecule has 2 aromatic carbocycles. The first kappa shape index (κ1) is 16.0. The van der Waals surface area contributed by atoms with Gasteiger partial charge in [0.05, 0.1) is 11.3 Å². The monoisotopic (exact) mass is 316 g/mol. The topological polar surface area (TPSA) is 130 Å². The Labute approximate surface area is 130 Å². The summed E-state index contributed by atoms with van der Waals surface area (Å²) in [6.45, 7) is 0. The van der Waals surface area contributed by atoms with E-state index in [0.29, 0.717) is 0 Å². The van der Waals surface area contributed by atoms with Crippen molar-refractivity contribution < 1.29 is 24.7 Å². The Morgan fingerprint density at radius 2 is 1.87 bits per heavy atom. The highest BCUT2D eigenvalue weighted by atomic mass is 16.6. The molecule has 0 radical (unpaired) electrons. The number of hydrogen-bond acceptors (Lipinski definition) is 5. The molecular formula is C15H12N2O6. The van der Waals surface area contributed by atoms with Gasteiger partial charge in [-0.3, -0.25) is 14.9 Å². The summed E-state index contributed by atoms with van der Waals surface area (Å²) in [6, 6.07) is 9.43. The normalized spacial score (nSPS) is 10.1. The maximum absolute atomic E-state index is 12.0. The number of nitrogens with zero attached hydrogens (tertiary/aromatic N) is 1. The predicted molar refractivity (Wildman–Crippen MR) is 80.5 cm³/mol. The van der Waals surface area contributed by atoms with Gasteiger partial charge < -0.3 is 15.5 Å². The summed E-state index contributed by atoms with van der Waals surface area (Å²) in [5.41, 5.74) is -0.00844. The van der Waals surface area contributed by atoms with E-state index in [1.807, 2.05) is 0 Å². The van der Waals surface area contributed by atoms with E-state index in [1.54, 1.807) is 6.07 Å². The van der Waals surface area contributed by atoms with E-state index in [2.05, 4.69) is 5.32 Å². The second kappa shape index (κ2) is 6.56. The number of nitro benzene ring substituents is 1. The third-order valence-electron chi connectivity index (χ3n) is 3.05. The lowest BCUT2D eigenvalue weighted by Gasteiger charge is -2.07. The first-order chi connectivity index (χ1) is 10.9. The maximum Gasteiger partial charge on any atom is 0.339 e. The molecule has 0 bridgehead atoms. The minimum Gasteiger partial charge on any atom is -0.507 e. The highest BCUT2D eigenvalue weighted by molar-refractivity contribution is 5.95. The number of para-hydroxylation sites is 1. The van der Waals surface area contributed by atoms with Crippen molar-refractivity contribution in [2.45, 2.75) is 6.42 Å². The number of nitro groups is 1. The molecule has 0 fully saturated rings. The zero-order valence-corrected chi connectivity index (χ0v) is 11.7. The Morgan fingerprint density at radius 3 is 2.48 bits per heavy atom. The summed E-state index contributed by atoms with van der Waals surface area (Å²) in [5, 5.41) is 31.7. The molecule has 0 aromatic heterocycles. The first-order valence-electron chi connectivity index (χ1n) is 6.47. The highest BCUT2D eigenvalue weighted by Gasteiger charge is 2.16. The largest absolute Gasteiger partial charge is 0.507 e. The van der Waals surface area contributed by atoms with Crippen LogP contribution in [0.1, 0.15) is 15.9 Å². The lowest BCUT2D eigenvalue weighted by atomic mass is 10.1. The SMILES string of the molecule is O=C(Cc1ccccc1[N+](=O)[O-])Nc1ccc(C(=O)O)c(O)c1. The number of carboxylic acids is 1. The molecule has 118 valence electrons. The Morgan fingerprint density at radius 1 is 1.17 bits per heavy atom. The number of carbonyl (C=O) groups excluding carboxylic acids is 1. The van der Waals surface area contributed by atoms with E-state index >= 15 is 0 Å². The number of hydrogen-bond donors (Lipinski definition) is 3. The fourth-order valence-corrected chi connectivity index (χ4v) is 2.01. The van der Waals surface area contributed by atoms with Crippen LogP contribution in [-0.2, 0) is 11.2 Å². The lowest BCUT2D eigenvalue weighted by molar-refractivity contribution is -0.385. The van der Waals surface area contributed by atoms with Crippen molar-refractivity contribution in [1.29, 1.82) is 0 Å². The fourth-order valence-electron chi connectivity index (χ4n) is 2.01. The van der Waals surface area contributed by atoms with Gasteiger partial charge in [-0.2, -0.15) is 0 Å². The van der Waals surface area contributed by atoms with Crippen LogP contribution in [0.2, 0.25) is 0 Å². The quantitative estimate of drug-likeness (QED) is 0.572. The van der Waals surface area contributed by atoms with Crippen LogP contribution >= 0.6 is 0 Å². The summed E-state index contributed by atoms with van der Waals surface area (Å²) < 4.78 is 0. The van der Waals surface area contributed by atoms with Gasteiger partial charge in [-0.15, -0.1) is 0 Å². The third kappa shape index (κ3) is 3.82. The van der Waals surface area contributed by atoms with Crippen molar-refractivity contribution in [2.24, 2.45) is 0 Å². The molecule has 0 aliphatic carbocycles. The van der Waals surface area contributed by atoms with Crippen molar-refractivity contribution in [3.05, 3.63) is 63.7 Å². The zero-order valence-electron chi connectivity index (χ0n) is 11.7. The van der Waals surface area contributed by atoms with Crippen molar-refractivity contribution in [3.63, 3.8) is 0 Å². The van der Waals surface area contributed by atoms with Gasteiger partial charge in [0.15, 0.2) is 0 Å². The zero-order chi connectivity index (χ0) is 17.0. The molecule has 2 aromatic rings. The first-order valence-corrected chi connectivity index (χ1v) is 6.47. The van der Waals surface area contributed by atoms with Gasteiger partial charge in [0.2, 0.25) is 5.91 Å². The van der Waals surface area contributed by atoms with Crippen molar-refractivity contribution in [2.75, 3.05) is 5.32 Å². The van der Waals surface area contributed by atoms with Crippen molar-refractivity contribution in [3.8, 4) is 5.75 Å². The molecule has 2 rings (SSSR count). The number of anilines is 1. The van der Waals surface area contributed by atoms with Crippen molar-refractivity contribution in [1.82, 2.24) is 0 Å². The number of rotatable bonds is 5. The molecule has 23 heavy (non-hydrogen) atoms. The third-order valence-corrected chi connectivity index (χ3v) is 3.05. The Balaban J connectivity index is 2.13. The fraction of sp³-hybridized carbons (Fsp3) is 0.0667. The van der Waals surface area contributed by atoms with Gasteiger partial charge in [-0.1, -0.05) is 18.2 Å². The maximum atomic E-state index is 12.0. The molecule has 0 saturated heterocycles. The van der Waals surface area contributed by atoms with Crippen LogP contribution < -0.4 is 5.32 Å². The van der Waals surface area contributed by atoms with E-state index < -0.39 is 22.5 Å². The van der Waals surface area contributed by atoms with Crippen LogP contribution in [-0.4, -0.2) is 27.0 Å². The van der Waals surface area contributed by atoms with Gasteiger partial charge in [-0.05, 0) is 12.1 Å². The highest BCUT2D eigenvalue weighted by Crippen LogP contribution is 2.23. The molecule has 0 heterocycles. The minimum atomic E-state index is -1.29. The molecule has 0 aliphatic rings. The number of phenols is 1. The van der Waals surface area contributed by atoms with Crippen LogP contribution in [0, 0.1) is 10.1 Å². The molecule has 3 N–H and O–H groups in total. The van der Waals surface area contributed by atoms with Gasteiger partial charge in [-0.25, -0.2) is 4.79 Å². The van der Waals surface area contributed by atoms with Crippen molar-refractivity contribution >= 4 is 23.3 Å². The van der Waals surface area contributed by atoms with E-state index in [0.717, 1.165) is 12.1 Å². The molecule has 0 aliphatic heterocycles. The van der Waals surface area contributed by atoms with Gasteiger partial charge in [0.25, 0.3) is 5.69 Å². The summed E-state index contributed by atoms with van der Waals surface area (Å²) in [6.07, 6.45) is -0.224. The number of amides is 1. The molecule has 8 heteroatoms. The molecule has 8 nitrogen and oxygen atoms in total. The molecule has 0 saturated carbocycles. The standard InChI is InChI=1S/C15H12N2O6/c18-13-8-10(5-6-11(13)15(20)21)16-14(19)7-9-3-1-2-4-12(9)17(22)23/h1-6,8,18H,7H2,(H,16,19)(H,20,21). The van der Waals surface area contributed by atoms with E-state index in [1.165, 1.54) is 24.3 Å². The minimum absolute atomic E-state index is 0.160. The van der Waals surface area contributed by atoms with Gasteiger partial charge in [0.1, 0.15) is 11.3 Å². The van der Waals surface area contributed by atoms with Gasteiger partial charge >= 0.3 is 5.97 Å². The number of carboxylic acid groups (broad SMARTS) is 1. The number of aromatic hydroxyl groups is 1. The van der Waals surface area contributed by atoms with E-state index in [-0.39, 0.29) is 28.9 Å². The number of aromatic carboxylic acids is 1. The number of benzene rings is 2. The molecular weight excluding hydrogens is 304 g/mol. The molecule has 0 atom stereocenters. The number of carbonyl (C=O) groups is 2. The van der Waals surface area contributed by atoms with Crippen LogP contribution in [0.4, 0.5) is 11.4 Å². The van der Waals surface area contributed by atoms with E-state index in [9.17, 15) is 24.8 Å². The van der Waals surface area contributed by atoms with Gasteiger partial charge in [0, 0.05) is 23.4 Å². The second-order valence-electron chi connectivity index (χ2n) is 4.65. The second-order valence-corrected chi connectivity index (χ2v) is 4.65. The predicted octanol–water partition coefficient (Wildman–Crippen LogP) is 2.18. The Bertz CT molecular complexity index is 787. The molecule has 0 unspecified atom stereocenters. The average Bonchev–Trinajstić information content (AvgIpc) is 2.47. The Hall–Kier alpha value is -3.42. The number of nitrogens with one attached hydrogen (secondary N) is 1. The molecule has 0 spiro atoms. The summed E-state index contributed by atoms with van der Waals surface area (Å²) in [7, 11) is 0. The lowest BCUT2D eigenvalue weighted by Crippen LogP contribution is -2.15. The summed E-state index contributed by atoms with van der Waals surface area (Å²) in [5.74, 6) is -2.30. The Kier molecular flexibility index (Phi) is 4.55. The molecule has 1 amide bonds. The van der Waals surface area contributed by atoms with Crippen LogP contribution in [0.25, 0.3) is 0 Å². The van der Waals surface area contributed by atoms with Crippen LogP contribution in [0.15, 0.2) is 42.5 Å². The summed E-state index contributed by atoms with van der Waals surface area (Å²) >= 11 is 0. The van der Waals surface area contributed by atoms with Crippen LogP contribution in [0.3, 0.4) is 0 Å². The van der Waals surface area contributed by atoms with E-state index in [4.69, 9.17) is 5.11 Å². The average molecular weight is 316 g/mol. The summed E-state index contributed by atoms with van der Waals surface area (Å²) in [4.78, 5) is 33.1. The smallest absolute Gasteiger partial charge is 0.339 e.